The zero-order valence-electron chi connectivity index (χ0n) is 14.5. The maximum Gasteiger partial charge on any atom is 0.269 e. The van der Waals surface area contributed by atoms with Crippen molar-refractivity contribution in [3.63, 3.8) is 0 Å². The molecule has 1 aromatic heterocycles. The van der Waals surface area contributed by atoms with E-state index in [4.69, 9.17) is 0 Å². The van der Waals surface area contributed by atoms with Crippen LogP contribution in [-0.2, 0) is 0 Å². The van der Waals surface area contributed by atoms with E-state index >= 15 is 0 Å². The zero-order valence-corrected chi connectivity index (χ0v) is 15.4. The number of rotatable bonds is 6. The Kier molecular flexibility index (Phi) is 7.45. The number of non-ortho nitro benzene ring substituents is 1. The van der Waals surface area contributed by atoms with E-state index in [1.54, 1.807) is 24.5 Å². The number of hydrogen-bond donors (Lipinski definition) is 2. The van der Waals surface area contributed by atoms with Gasteiger partial charge in [-0.15, -0.1) is 0 Å². The van der Waals surface area contributed by atoms with Gasteiger partial charge in [-0.25, -0.2) is 0 Å². The summed E-state index contributed by atoms with van der Waals surface area (Å²) in [4.78, 5) is 15.1. The molecule has 0 atom stereocenters. The van der Waals surface area contributed by atoms with Crippen molar-refractivity contribution in [1.29, 1.82) is 0 Å². The number of nitro groups is 1. The Morgan fingerprint density at radius 2 is 1.38 bits per heavy atom. The van der Waals surface area contributed by atoms with Crippen molar-refractivity contribution in [2.24, 2.45) is 0 Å². The van der Waals surface area contributed by atoms with E-state index < -0.39 is 4.92 Å². The van der Waals surface area contributed by atoms with Crippen molar-refractivity contribution in [3.8, 4) is 0 Å². The fourth-order valence-corrected chi connectivity index (χ4v) is 2.62. The molecular weight excluding hydrogens is 348 g/mol. The minimum atomic E-state index is -0.406. The lowest BCUT2D eigenvalue weighted by Crippen LogP contribution is -1.91. The average Bonchev–Trinajstić information content (AvgIpc) is 2.70. The highest BCUT2D eigenvalue weighted by Gasteiger charge is 2.04. The van der Waals surface area contributed by atoms with Crippen LogP contribution < -0.4 is 10.0 Å². The van der Waals surface area contributed by atoms with E-state index in [2.05, 4.69) is 15.0 Å². The summed E-state index contributed by atoms with van der Waals surface area (Å²) in [5, 5.41) is 13.9. The number of pyridine rings is 1. The number of aromatic nitrogens is 1. The van der Waals surface area contributed by atoms with Crippen LogP contribution in [0.3, 0.4) is 0 Å². The van der Waals surface area contributed by atoms with Gasteiger partial charge in [-0.1, -0.05) is 13.8 Å². The molecule has 0 bridgehead atoms. The van der Waals surface area contributed by atoms with Crippen LogP contribution in [0.5, 0.6) is 0 Å². The Hall–Kier alpha value is -3.06. The molecule has 2 N–H and O–H groups in total. The molecule has 2 aromatic carbocycles. The van der Waals surface area contributed by atoms with Gasteiger partial charge in [0.2, 0.25) is 0 Å². The molecular formula is C19H20N4O2S. The Balaban J connectivity index is 0.00000117. The summed E-state index contributed by atoms with van der Waals surface area (Å²) in [6.07, 6.45) is 3.47. The van der Waals surface area contributed by atoms with E-state index in [9.17, 15) is 10.1 Å². The molecule has 6 nitrogen and oxygen atoms in total. The summed E-state index contributed by atoms with van der Waals surface area (Å²) in [6, 6.07) is 18.1. The second-order valence-corrected chi connectivity index (χ2v) is 5.77. The predicted molar refractivity (Wildman–Crippen MR) is 108 cm³/mol. The van der Waals surface area contributed by atoms with E-state index in [1.807, 2.05) is 50.2 Å². The van der Waals surface area contributed by atoms with Crippen LogP contribution in [0.4, 0.5) is 22.7 Å². The Bertz CT molecular complexity index is 809. The first-order chi connectivity index (χ1) is 12.7. The number of benzene rings is 2. The van der Waals surface area contributed by atoms with E-state index in [1.165, 1.54) is 24.1 Å². The Morgan fingerprint density at radius 1 is 0.846 bits per heavy atom. The first-order valence-corrected chi connectivity index (χ1v) is 8.97. The second kappa shape index (κ2) is 10.0. The third-order valence-electron chi connectivity index (χ3n) is 3.19. The van der Waals surface area contributed by atoms with Crippen LogP contribution in [-0.4, -0.2) is 9.91 Å². The van der Waals surface area contributed by atoms with Crippen molar-refractivity contribution in [1.82, 2.24) is 4.98 Å². The van der Waals surface area contributed by atoms with Gasteiger partial charge >= 0.3 is 0 Å². The molecule has 0 radical (unpaired) electrons. The number of nitro benzene ring substituents is 1. The van der Waals surface area contributed by atoms with Gasteiger partial charge in [0.25, 0.3) is 5.69 Å². The van der Waals surface area contributed by atoms with Crippen LogP contribution in [0.1, 0.15) is 13.8 Å². The van der Waals surface area contributed by atoms with Crippen LogP contribution in [0, 0.1) is 10.1 Å². The molecule has 3 rings (SSSR count). The van der Waals surface area contributed by atoms with E-state index in [0.29, 0.717) is 0 Å². The number of nitrogens with zero attached hydrogens (tertiary/aromatic N) is 2. The SMILES string of the molecule is CC.O=[N+]([O-])c1ccc(SNc2ccc(Nc3ccncc3)cc2)cc1. The molecule has 0 aliphatic carbocycles. The third kappa shape index (κ3) is 5.78. The lowest BCUT2D eigenvalue weighted by Gasteiger charge is -2.08. The lowest BCUT2D eigenvalue weighted by molar-refractivity contribution is -0.384. The summed E-state index contributed by atoms with van der Waals surface area (Å²) in [6.45, 7) is 4.00. The molecule has 0 fully saturated rings. The van der Waals surface area contributed by atoms with Gasteiger partial charge in [-0.2, -0.15) is 0 Å². The maximum atomic E-state index is 10.6. The molecule has 0 saturated carbocycles. The molecule has 0 spiro atoms. The highest BCUT2D eigenvalue weighted by Crippen LogP contribution is 2.25. The highest BCUT2D eigenvalue weighted by molar-refractivity contribution is 8.00. The van der Waals surface area contributed by atoms with Crippen molar-refractivity contribution in [2.75, 3.05) is 10.0 Å². The first kappa shape index (κ1) is 19.3. The molecule has 0 aliphatic rings. The Labute approximate surface area is 157 Å². The normalized spacial score (nSPS) is 9.62. The molecule has 3 aromatic rings. The second-order valence-electron chi connectivity index (χ2n) is 4.89. The highest BCUT2D eigenvalue weighted by atomic mass is 32.2. The standard InChI is InChI=1S/C17H14N4O2S.C2H6/c22-21(23)16-5-7-17(8-6-16)24-20-15-3-1-13(2-4-15)19-14-9-11-18-12-10-14;1-2/h1-12,20H,(H,18,19);1-2H3. The molecule has 0 unspecified atom stereocenters. The molecule has 0 saturated heterocycles. The maximum absolute atomic E-state index is 10.6. The van der Waals surface area contributed by atoms with Gasteiger partial charge in [0.05, 0.1) is 4.92 Å². The van der Waals surface area contributed by atoms with Gasteiger partial charge < -0.3 is 10.0 Å². The minimum absolute atomic E-state index is 0.0888. The van der Waals surface area contributed by atoms with Crippen molar-refractivity contribution in [2.45, 2.75) is 18.7 Å². The molecule has 0 aliphatic heterocycles. The molecule has 1 heterocycles. The van der Waals surface area contributed by atoms with Crippen molar-refractivity contribution >= 4 is 34.7 Å². The number of anilines is 3. The van der Waals surface area contributed by atoms with E-state index in [-0.39, 0.29) is 5.69 Å². The third-order valence-corrected chi connectivity index (χ3v) is 4.03. The van der Waals surface area contributed by atoms with Crippen LogP contribution in [0.25, 0.3) is 0 Å². The quantitative estimate of drug-likeness (QED) is 0.321. The summed E-state index contributed by atoms with van der Waals surface area (Å²) in [5.41, 5.74) is 2.99. The van der Waals surface area contributed by atoms with Crippen molar-refractivity contribution < 1.29 is 4.92 Å². The minimum Gasteiger partial charge on any atom is -0.355 e. The lowest BCUT2D eigenvalue weighted by atomic mass is 10.3. The van der Waals surface area contributed by atoms with Gasteiger partial charge in [-0.05, 0) is 60.5 Å². The Morgan fingerprint density at radius 3 is 1.96 bits per heavy atom. The average molecular weight is 368 g/mol. The summed E-state index contributed by atoms with van der Waals surface area (Å²) < 4.78 is 3.21. The van der Waals surface area contributed by atoms with Crippen molar-refractivity contribution in [3.05, 3.63) is 83.2 Å². The smallest absolute Gasteiger partial charge is 0.269 e. The van der Waals surface area contributed by atoms with Crippen LogP contribution in [0.15, 0.2) is 78.0 Å². The zero-order chi connectivity index (χ0) is 18.8. The number of hydrogen-bond acceptors (Lipinski definition) is 6. The summed E-state index contributed by atoms with van der Waals surface area (Å²) >= 11 is 1.40. The van der Waals surface area contributed by atoms with E-state index in [0.717, 1.165) is 22.0 Å². The summed E-state index contributed by atoms with van der Waals surface area (Å²) in [5.74, 6) is 0. The van der Waals surface area contributed by atoms with Gasteiger partial charge in [-0.3, -0.25) is 15.1 Å². The van der Waals surface area contributed by atoms with Gasteiger partial charge in [0, 0.05) is 46.5 Å². The van der Waals surface area contributed by atoms with Gasteiger partial charge in [0.15, 0.2) is 0 Å². The summed E-state index contributed by atoms with van der Waals surface area (Å²) in [7, 11) is 0. The monoisotopic (exact) mass is 368 g/mol. The molecule has 0 amide bonds. The predicted octanol–water partition coefficient (Wildman–Crippen LogP) is 5.88. The fourth-order valence-electron chi connectivity index (χ4n) is 1.98. The van der Waals surface area contributed by atoms with Crippen LogP contribution >= 0.6 is 11.9 Å². The van der Waals surface area contributed by atoms with Crippen LogP contribution in [0.2, 0.25) is 0 Å². The molecule has 134 valence electrons. The molecule has 26 heavy (non-hydrogen) atoms. The molecule has 7 heteroatoms. The number of nitrogens with one attached hydrogen (secondary N) is 2. The topological polar surface area (TPSA) is 80.1 Å². The first-order valence-electron chi connectivity index (χ1n) is 8.15. The largest absolute Gasteiger partial charge is 0.355 e. The fraction of sp³-hybridized carbons (Fsp3) is 0.105. The van der Waals surface area contributed by atoms with Gasteiger partial charge in [0.1, 0.15) is 0 Å².